The van der Waals surface area contributed by atoms with Crippen LogP contribution in [0.25, 0.3) is 0 Å². The molecule has 1 aromatic heterocycles. The number of hydrogen-bond acceptors (Lipinski definition) is 3. The molecule has 18 heavy (non-hydrogen) atoms. The molecular formula is C13H12FN3O. The first kappa shape index (κ1) is 12.0. The third-order valence-electron chi connectivity index (χ3n) is 2.44. The van der Waals surface area contributed by atoms with Crippen molar-refractivity contribution >= 4 is 17.3 Å². The number of rotatable bonds is 3. The van der Waals surface area contributed by atoms with E-state index >= 15 is 0 Å². The number of halogens is 1. The molecule has 92 valence electrons. The predicted octanol–water partition coefficient (Wildman–Crippen LogP) is 2.51. The van der Waals surface area contributed by atoms with Gasteiger partial charge in [-0.3, -0.25) is 9.78 Å². The van der Waals surface area contributed by atoms with E-state index in [0.29, 0.717) is 16.9 Å². The van der Waals surface area contributed by atoms with E-state index < -0.39 is 0 Å². The number of pyridine rings is 1. The Labute approximate surface area is 104 Å². The molecular weight excluding hydrogens is 233 g/mol. The Bertz CT molecular complexity index is 554. The van der Waals surface area contributed by atoms with Crippen LogP contribution in [0.4, 0.5) is 15.8 Å². The smallest absolute Gasteiger partial charge is 0.259 e. The molecule has 5 heteroatoms. The fraction of sp³-hybridized carbons (Fsp3) is 0.0769. The number of anilines is 2. The van der Waals surface area contributed by atoms with E-state index in [1.165, 1.54) is 30.5 Å². The van der Waals surface area contributed by atoms with Crippen molar-refractivity contribution in [1.82, 2.24) is 4.98 Å². The van der Waals surface area contributed by atoms with E-state index in [2.05, 4.69) is 15.6 Å². The second-order valence-corrected chi connectivity index (χ2v) is 3.63. The highest BCUT2D eigenvalue weighted by Crippen LogP contribution is 2.15. The highest BCUT2D eigenvalue weighted by molar-refractivity contribution is 6.07. The van der Waals surface area contributed by atoms with Gasteiger partial charge in [-0.2, -0.15) is 0 Å². The monoisotopic (exact) mass is 245 g/mol. The van der Waals surface area contributed by atoms with Gasteiger partial charge >= 0.3 is 0 Å². The van der Waals surface area contributed by atoms with Gasteiger partial charge in [-0.1, -0.05) is 0 Å². The average molecular weight is 245 g/mol. The van der Waals surface area contributed by atoms with Crippen LogP contribution in [0.5, 0.6) is 0 Å². The van der Waals surface area contributed by atoms with Gasteiger partial charge in [0, 0.05) is 30.8 Å². The minimum absolute atomic E-state index is 0.293. The standard InChI is InChI=1S/C13H12FN3O/c1-15-12-6-7-16-8-11(12)13(18)17-10-4-2-9(14)3-5-10/h2-8H,1H3,(H,15,16)(H,17,18). The van der Waals surface area contributed by atoms with Gasteiger partial charge in [0.15, 0.2) is 0 Å². The number of nitrogens with one attached hydrogen (secondary N) is 2. The van der Waals surface area contributed by atoms with Crippen molar-refractivity contribution < 1.29 is 9.18 Å². The third kappa shape index (κ3) is 2.63. The highest BCUT2D eigenvalue weighted by atomic mass is 19.1. The first-order valence-corrected chi connectivity index (χ1v) is 5.39. The van der Waals surface area contributed by atoms with Gasteiger partial charge in [0.2, 0.25) is 0 Å². The van der Waals surface area contributed by atoms with E-state index in [-0.39, 0.29) is 11.7 Å². The fourth-order valence-electron chi connectivity index (χ4n) is 1.53. The molecule has 0 radical (unpaired) electrons. The van der Waals surface area contributed by atoms with Crippen LogP contribution >= 0.6 is 0 Å². The van der Waals surface area contributed by atoms with Gasteiger partial charge in [-0.05, 0) is 30.3 Å². The number of carbonyl (C=O) groups is 1. The topological polar surface area (TPSA) is 54.0 Å². The summed E-state index contributed by atoms with van der Waals surface area (Å²) in [4.78, 5) is 15.9. The number of amides is 1. The lowest BCUT2D eigenvalue weighted by Crippen LogP contribution is -2.14. The van der Waals surface area contributed by atoms with Crippen LogP contribution in [0.1, 0.15) is 10.4 Å². The summed E-state index contributed by atoms with van der Waals surface area (Å²) < 4.78 is 12.7. The van der Waals surface area contributed by atoms with Crippen LogP contribution in [0.15, 0.2) is 42.7 Å². The largest absolute Gasteiger partial charge is 0.387 e. The van der Waals surface area contributed by atoms with Crippen LogP contribution in [-0.2, 0) is 0 Å². The lowest BCUT2D eigenvalue weighted by atomic mass is 10.2. The number of carbonyl (C=O) groups excluding carboxylic acids is 1. The van der Waals surface area contributed by atoms with Gasteiger partial charge in [-0.15, -0.1) is 0 Å². The zero-order chi connectivity index (χ0) is 13.0. The maximum absolute atomic E-state index is 12.7. The van der Waals surface area contributed by atoms with Crippen LogP contribution in [0, 0.1) is 5.82 Å². The molecule has 0 aliphatic carbocycles. The summed E-state index contributed by atoms with van der Waals surface area (Å²) in [6.45, 7) is 0. The van der Waals surface area contributed by atoms with Gasteiger partial charge in [0.05, 0.1) is 5.56 Å². The quantitative estimate of drug-likeness (QED) is 0.873. The van der Waals surface area contributed by atoms with Crippen molar-refractivity contribution in [2.24, 2.45) is 0 Å². The molecule has 1 aromatic carbocycles. The Kier molecular flexibility index (Phi) is 3.52. The van der Waals surface area contributed by atoms with Crippen molar-refractivity contribution in [3.8, 4) is 0 Å². The lowest BCUT2D eigenvalue weighted by Gasteiger charge is -2.08. The predicted molar refractivity (Wildman–Crippen MR) is 68.1 cm³/mol. The third-order valence-corrected chi connectivity index (χ3v) is 2.44. The fourth-order valence-corrected chi connectivity index (χ4v) is 1.53. The highest BCUT2D eigenvalue weighted by Gasteiger charge is 2.10. The van der Waals surface area contributed by atoms with E-state index in [4.69, 9.17) is 0 Å². The number of nitrogens with zero attached hydrogens (tertiary/aromatic N) is 1. The number of benzene rings is 1. The molecule has 0 atom stereocenters. The first-order chi connectivity index (χ1) is 8.70. The van der Waals surface area contributed by atoms with Crippen molar-refractivity contribution in [2.45, 2.75) is 0 Å². The minimum atomic E-state index is -0.342. The van der Waals surface area contributed by atoms with Crippen molar-refractivity contribution in [2.75, 3.05) is 17.7 Å². The summed E-state index contributed by atoms with van der Waals surface area (Å²) in [6.07, 6.45) is 3.07. The average Bonchev–Trinajstić information content (AvgIpc) is 2.41. The summed E-state index contributed by atoms with van der Waals surface area (Å²) >= 11 is 0. The number of aromatic nitrogens is 1. The van der Waals surface area contributed by atoms with Crippen LogP contribution in [-0.4, -0.2) is 17.9 Å². The van der Waals surface area contributed by atoms with Crippen LogP contribution in [0.2, 0.25) is 0 Å². The molecule has 0 aliphatic rings. The van der Waals surface area contributed by atoms with Crippen molar-refractivity contribution in [3.63, 3.8) is 0 Å². The Morgan fingerprint density at radius 2 is 1.94 bits per heavy atom. The molecule has 0 aliphatic heterocycles. The Morgan fingerprint density at radius 1 is 1.22 bits per heavy atom. The molecule has 0 bridgehead atoms. The Morgan fingerprint density at radius 3 is 2.61 bits per heavy atom. The summed E-state index contributed by atoms with van der Waals surface area (Å²) in [7, 11) is 1.73. The maximum atomic E-state index is 12.7. The van der Waals surface area contributed by atoms with E-state index in [1.54, 1.807) is 19.3 Å². The van der Waals surface area contributed by atoms with Crippen LogP contribution < -0.4 is 10.6 Å². The summed E-state index contributed by atoms with van der Waals surface area (Å²) in [5.41, 5.74) is 1.65. The zero-order valence-electron chi connectivity index (χ0n) is 9.77. The van der Waals surface area contributed by atoms with E-state index in [0.717, 1.165) is 0 Å². The molecule has 0 spiro atoms. The maximum Gasteiger partial charge on any atom is 0.259 e. The molecule has 1 heterocycles. The first-order valence-electron chi connectivity index (χ1n) is 5.39. The SMILES string of the molecule is CNc1ccncc1C(=O)Nc1ccc(F)cc1. The summed E-state index contributed by atoms with van der Waals surface area (Å²) in [5.74, 6) is -0.635. The second-order valence-electron chi connectivity index (χ2n) is 3.63. The molecule has 0 unspecified atom stereocenters. The van der Waals surface area contributed by atoms with Gasteiger partial charge < -0.3 is 10.6 Å². The van der Waals surface area contributed by atoms with Crippen LogP contribution in [0.3, 0.4) is 0 Å². The van der Waals surface area contributed by atoms with Gasteiger partial charge in [0.25, 0.3) is 5.91 Å². The minimum Gasteiger partial charge on any atom is -0.387 e. The second kappa shape index (κ2) is 5.27. The molecule has 0 fully saturated rings. The molecule has 4 nitrogen and oxygen atoms in total. The van der Waals surface area contributed by atoms with E-state index in [9.17, 15) is 9.18 Å². The molecule has 2 N–H and O–H groups in total. The normalized spacial score (nSPS) is 9.89. The zero-order valence-corrected chi connectivity index (χ0v) is 9.77. The van der Waals surface area contributed by atoms with Gasteiger partial charge in [-0.25, -0.2) is 4.39 Å². The Balaban J connectivity index is 2.19. The molecule has 0 saturated heterocycles. The molecule has 1 amide bonds. The number of hydrogen-bond donors (Lipinski definition) is 2. The molecule has 2 rings (SSSR count). The Hall–Kier alpha value is -2.43. The van der Waals surface area contributed by atoms with Crippen molar-refractivity contribution in [3.05, 3.63) is 54.1 Å². The van der Waals surface area contributed by atoms with Crippen molar-refractivity contribution in [1.29, 1.82) is 0 Å². The summed E-state index contributed by atoms with van der Waals surface area (Å²) in [6, 6.07) is 7.29. The van der Waals surface area contributed by atoms with E-state index in [1.807, 2.05) is 0 Å². The summed E-state index contributed by atoms with van der Waals surface area (Å²) in [5, 5.41) is 5.59. The van der Waals surface area contributed by atoms with Gasteiger partial charge in [0.1, 0.15) is 5.82 Å². The molecule has 2 aromatic rings. The molecule has 0 saturated carbocycles. The lowest BCUT2D eigenvalue weighted by molar-refractivity contribution is 0.102.